The van der Waals surface area contributed by atoms with Crippen molar-refractivity contribution in [3.63, 3.8) is 0 Å². The number of methoxy groups -OCH3 is 2. The molecule has 1 unspecified atom stereocenters. The van der Waals surface area contributed by atoms with Crippen molar-refractivity contribution in [1.29, 1.82) is 0 Å². The third-order valence-corrected chi connectivity index (χ3v) is 20.9. The number of nitrogens with one attached hydrogen (secondary N) is 2. The molecule has 11 atom stereocenters. The highest BCUT2D eigenvalue weighted by Gasteiger charge is 2.64. The van der Waals surface area contributed by atoms with Gasteiger partial charge in [-0.15, -0.1) is 35.3 Å². The molecule has 0 spiro atoms. The molecule has 4 bridgehead atoms. The number of likely N-dealkylation sites (tertiary alicyclic amines) is 2. The normalized spacial score (nSPS) is 27.4. The molecule has 7 rings (SSSR count). The maximum Gasteiger partial charge on any atom is 0.409 e. The van der Waals surface area contributed by atoms with Crippen LogP contribution in [0.1, 0.15) is 91.0 Å². The maximum atomic E-state index is 14.4. The van der Waals surface area contributed by atoms with Crippen LogP contribution in [0.2, 0.25) is 5.02 Å². The van der Waals surface area contributed by atoms with Gasteiger partial charge >= 0.3 is 18.0 Å². The number of carboxylic acids is 1. The predicted molar refractivity (Wildman–Crippen MR) is 358 cm³/mol. The summed E-state index contributed by atoms with van der Waals surface area (Å²) in [7, 11) is 5.80. The first-order valence-corrected chi connectivity index (χ1v) is 35.5. The number of thioether (sulfide) groups is 3. The average molecular weight is 1430 g/mol. The number of rotatable bonds is 28. The summed E-state index contributed by atoms with van der Waals surface area (Å²) in [5, 5.41) is 25.9. The summed E-state index contributed by atoms with van der Waals surface area (Å²) in [6, 6.07) is 0.781. The third kappa shape index (κ3) is 19.8. The van der Waals surface area contributed by atoms with Crippen molar-refractivity contribution >= 4 is 124 Å². The lowest BCUT2D eigenvalue weighted by Crippen LogP contribution is -2.63. The van der Waals surface area contributed by atoms with E-state index in [4.69, 9.17) is 44.8 Å². The number of carbonyl (C=O) groups is 12. The summed E-state index contributed by atoms with van der Waals surface area (Å²) >= 11 is 9.93. The minimum absolute atomic E-state index is 0.00421. The summed E-state index contributed by atoms with van der Waals surface area (Å²) < 4.78 is 40.7. The van der Waals surface area contributed by atoms with E-state index in [0.29, 0.717) is 24.3 Å². The molecular weight excluding hydrogens is 1350 g/mol. The highest BCUT2D eigenvalue weighted by molar-refractivity contribution is 8.03. The fraction of sp³-hybridized carbons (Fsp3) is 0.600. The van der Waals surface area contributed by atoms with Crippen LogP contribution in [0.3, 0.4) is 0 Å². The van der Waals surface area contributed by atoms with E-state index < -0.39 is 137 Å². The van der Waals surface area contributed by atoms with Gasteiger partial charge in [-0.05, 0) is 70.2 Å². The number of piperidine rings is 1. The van der Waals surface area contributed by atoms with E-state index in [1.54, 1.807) is 44.4 Å². The molecule has 1 aromatic carbocycles. The van der Waals surface area contributed by atoms with Crippen LogP contribution in [0.15, 0.2) is 57.9 Å². The number of ketones is 1. The van der Waals surface area contributed by atoms with Crippen LogP contribution in [0.25, 0.3) is 0 Å². The van der Waals surface area contributed by atoms with E-state index in [9.17, 15) is 67.7 Å². The molecule has 4 fully saturated rings. The highest BCUT2D eigenvalue weighted by atomic mass is 35.5. The Labute approximate surface area is 580 Å². The van der Waals surface area contributed by atoms with E-state index in [-0.39, 0.29) is 117 Å². The van der Waals surface area contributed by atoms with Gasteiger partial charge < -0.3 is 63.4 Å². The number of alkyl carbamates (subject to hydrolysis) is 1. The molecule has 28 nitrogen and oxygen atoms in total. The van der Waals surface area contributed by atoms with Crippen LogP contribution in [-0.2, 0) is 87.6 Å². The minimum Gasteiger partial charge on any atom is -0.495 e. The summed E-state index contributed by atoms with van der Waals surface area (Å²) in [5.41, 5.74) is -1.31. The largest absolute Gasteiger partial charge is 0.495 e. The van der Waals surface area contributed by atoms with Crippen LogP contribution in [0, 0.1) is 5.92 Å². The number of amides is 9. The zero-order valence-electron chi connectivity index (χ0n) is 56.0. The van der Waals surface area contributed by atoms with E-state index in [1.807, 2.05) is 13.0 Å². The van der Waals surface area contributed by atoms with Gasteiger partial charge in [0.1, 0.15) is 46.5 Å². The monoisotopic (exact) mass is 1430 g/mol. The van der Waals surface area contributed by atoms with Gasteiger partial charge in [-0.1, -0.05) is 42.3 Å². The highest BCUT2D eigenvalue weighted by Crippen LogP contribution is 2.49. The fourth-order valence-electron chi connectivity index (χ4n) is 12.2. The van der Waals surface area contributed by atoms with Gasteiger partial charge in [0.25, 0.3) is 11.8 Å². The molecule has 532 valence electrons. The van der Waals surface area contributed by atoms with Crippen LogP contribution >= 0.6 is 46.9 Å². The van der Waals surface area contributed by atoms with Gasteiger partial charge in [-0.3, -0.25) is 58.3 Å². The number of halogens is 1. The lowest BCUT2D eigenvalue weighted by Gasteiger charge is -2.42. The van der Waals surface area contributed by atoms with Crippen molar-refractivity contribution in [1.82, 2.24) is 30.2 Å². The lowest BCUT2D eigenvalue weighted by atomic mass is 9.83. The minimum atomic E-state index is -1.91. The number of likely N-dealkylation sites (N-methyl/N-ethyl adjacent to an activating group) is 1. The zero-order valence-corrected chi connectivity index (χ0v) is 59.2. The number of benzene rings is 1. The number of hydrogen-bond donors (Lipinski definition) is 4. The fourth-order valence-corrected chi connectivity index (χ4v) is 14.5. The number of nitrogens with zero attached hydrogens (tertiary/aromatic N) is 5. The van der Waals surface area contributed by atoms with Gasteiger partial charge in [-0.2, -0.15) is 0 Å². The second-order valence-electron chi connectivity index (χ2n) is 24.6. The molecule has 4 saturated heterocycles. The Hall–Kier alpha value is -6.84. The molecule has 6 heterocycles. The van der Waals surface area contributed by atoms with Gasteiger partial charge in [0, 0.05) is 109 Å². The second-order valence-corrected chi connectivity index (χ2v) is 28.0. The molecule has 0 saturated carbocycles. The Bertz CT molecular complexity index is 3330. The molecule has 97 heavy (non-hydrogen) atoms. The number of carboxylic acid groups (broad SMARTS) is 1. The Kier molecular flexibility index (Phi) is 27.8. The number of esters is 1. The number of Topliss-reactive ketones (excluding diaryl/α,β-unsaturated/α-hetero) is 1. The van der Waals surface area contributed by atoms with E-state index in [1.165, 1.54) is 62.3 Å². The third-order valence-electron chi connectivity index (χ3n) is 17.9. The summed E-state index contributed by atoms with van der Waals surface area (Å²) in [6.45, 7) is 7.20. The van der Waals surface area contributed by atoms with Crippen molar-refractivity contribution in [3.05, 3.63) is 68.5 Å². The first-order valence-electron chi connectivity index (χ1n) is 31.7. The Morgan fingerprint density at radius 1 is 0.969 bits per heavy atom. The van der Waals surface area contributed by atoms with Gasteiger partial charge in [0.15, 0.2) is 5.72 Å². The Morgan fingerprint density at radius 3 is 2.36 bits per heavy atom. The number of anilines is 1. The number of hydrogen-bond acceptors (Lipinski definition) is 23. The molecule has 4 N–H and O–H groups in total. The number of allylic oxidation sites excluding steroid dienone is 3. The van der Waals surface area contributed by atoms with Crippen LogP contribution < -0.4 is 20.3 Å². The summed E-state index contributed by atoms with van der Waals surface area (Å²) in [5.74, 6) is -6.62. The molecule has 0 radical (unpaired) electrons. The Balaban J connectivity index is 0.836. The number of aliphatic carboxylic acids is 1. The summed E-state index contributed by atoms with van der Waals surface area (Å²) in [6.07, 6.45) is 5.49. The molecule has 0 aromatic heterocycles. The molecule has 9 amide bonds. The maximum absolute atomic E-state index is 14.4. The quantitative estimate of drug-likeness (QED) is 0.0303. The van der Waals surface area contributed by atoms with Crippen molar-refractivity contribution in [2.24, 2.45) is 5.92 Å². The first-order chi connectivity index (χ1) is 46.0. The van der Waals surface area contributed by atoms with E-state index in [0.717, 1.165) is 62.3 Å². The zero-order chi connectivity index (χ0) is 71.2. The lowest BCUT2D eigenvalue weighted by molar-refractivity contribution is -0.162. The topological polar surface area (TPSA) is 353 Å². The van der Waals surface area contributed by atoms with Gasteiger partial charge in [0.05, 0.1) is 72.8 Å². The van der Waals surface area contributed by atoms with E-state index in [2.05, 4.69) is 10.6 Å². The van der Waals surface area contributed by atoms with Crippen LogP contribution in [0.5, 0.6) is 5.75 Å². The van der Waals surface area contributed by atoms with Crippen LogP contribution in [-0.4, -0.2) is 253 Å². The number of epoxide rings is 1. The average Bonchev–Trinajstić information content (AvgIpc) is 1.59. The first kappa shape index (κ1) is 77.5. The second kappa shape index (κ2) is 34.8. The number of ether oxygens (including phenoxy) is 7. The SMILES string of the molecule is COc1cc2cc(c1Cl)N(C)C(=O)C[C@H](OC(=O)[C@H](C)N(C)C(=O)CCSC1CC(=O)N(CCOCCOCCCC(=O)CCC(=O)N3C[C@H](NC(=O)/C=C(/SC)C(=O)O)C[C@H](N4C(=O)C=C(SC)C4=O)C3)C1=O)[C@]1(C)O[C@H]1[C@H](C)[C@@H]1C[C@@](O)(NC(=O)O1)[C@H](OC)/C=C/C=C(\C)C2. The number of aliphatic hydroxyl groups is 1. The standard InChI is InChI=1S/C65H86ClN7O21S3/c1-36-13-11-15-49(89-8)65(87)33-45(92-63(86)68-65)37(2)58-64(4,94-58)50(32-54(78)70(6)43-26-39(25-36)27-44(88-7)57(43)66)93-62(85)38(3)69(5)52(76)18-24-97-47-31-55(79)72(59(47)81)19-21-91-23-22-90-20-12-14-42(74)16-17-53(77)71-34-40(67-51(75)29-48(96-10)61(83)84)28-41(35-71)73-56(80)30-46(95-9)60(73)82/h11,13,15,26-27,29-30,37-38,40-41,45,47,49-50,58,87H,12,14,16-25,28,31-35H2,1-10H3,(H,67,75)(H,68,86)(H,83,84)/b15-11+,36-13+,48-29+/t37-,38+,40-,41+,45+,47?,49-,50+,58+,64+,65+/m1/s1. The molecule has 1 aromatic rings. The number of fused-ring (bicyclic) bond motifs is 5. The molecule has 6 aliphatic heterocycles. The molecule has 32 heteroatoms. The van der Waals surface area contributed by atoms with Crippen molar-refractivity contribution < 1.29 is 101 Å². The predicted octanol–water partition coefficient (Wildman–Crippen LogP) is 3.96. The smallest absolute Gasteiger partial charge is 0.409 e. The number of imide groups is 2. The van der Waals surface area contributed by atoms with Gasteiger partial charge in [-0.25, -0.2) is 14.4 Å². The van der Waals surface area contributed by atoms with E-state index >= 15 is 0 Å². The molecule has 0 aliphatic carbocycles. The van der Waals surface area contributed by atoms with Crippen LogP contribution in [0.4, 0.5) is 10.5 Å². The summed E-state index contributed by atoms with van der Waals surface area (Å²) in [4.78, 5) is 164. The van der Waals surface area contributed by atoms with Gasteiger partial charge in [0.2, 0.25) is 35.4 Å². The number of carbonyl (C=O) groups excluding carboxylic acids is 11. The Morgan fingerprint density at radius 2 is 1.69 bits per heavy atom. The van der Waals surface area contributed by atoms with Crippen molar-refractivity contribution in [3.8, 4) is 5.75 Å². The van der Waals surface area contributed by atoms with Crippen molar-refractivity contribution in [2.45, 2.75) is 151 Å². The molecule has 6 aliphatic rings. The molecular formula is C65H86ClN7O21S3. The van der Waals surface area contributed by atoms with Crippen molar-refractivity contribution in [2.75, 3.05) is 97.5 Å².